The van der Waals surface area contributed by atoms with Gasteiger partial charge in [-0.25, -0.2) is 0 Å². The van der Waals surface area contributed by atoms with E-state index in [2.05, 4.69) is 51.8 Å². The van der Waals surface area contributed by atoms with E-state index in [1.165, 1.54) is 9.75 Å². The Hall–Kier alpha value is -2.86. The van der Waals surface area contributed by atoms with E-state index in [1.807, 2.05) is 41.7 Å². The quantitative estimate of drug-likeness (QED) is 0.445. The number of aryl methyl sites for hydroxylation is 1. The molecule has 2 heterocycles. The number of nitrogens with one attached hydrogen (secondary N) is 2. The molecule has 6 heteroatoms. The maximum Gasteiger partial charge on any atom is 0.191 e. The number of pyridine rings is 1. The Bertz CT molecular complexity index is 875. The van der Waals surface area contributed by atoms with Crippen molar-refractivity contribution < 1.29 is 4.74 Å². The Morgan fingerprint density at radius 2 is 1.79 bits per heavy atom. The van der Waals surface area contributed by atoms with Gasteiger partial charge in [0.2, 0.25) is 0 Å². The summed E-state index contributed by atoms with van der Waals surface area (Å²) in [6, 6.07) is 18.3. The molecule has 0 radical (unpaired) electrons. The van der Waals surface area contributed by atoms with E-state index in [4.69, 9.17) is 4.74 Å². The second-order valence-corrected chi connectivity index (χ2v) is 7.51. The molecule has 0 aliphatic rings. The van der Waals surface area contributed by atoms with Crippen LogP contribution in [0, 0.1) is 0 Å². The summed E-state index contributed by atoms with van der Waals surface area (Å²) >= 11 is 1.84. The molecule has 0 unspecified atom stereocenters. The molecule has 0 saturated heterocycles. The average molecular weight is 395 g/mol. The van der Waals surface area contributed by atoms with Crippen LogP contribution in [0.1, 0.15) is 27.9 Å². The predicted octanol–water partition coefficient (Wildman–Crippen LogP) is 4.15. The first kappa shape index (κ1) is 19.9. The van der Waals surface area contributed by atoms with E-state index < -0.39 is 0 Å². The number of benzene rings is 1. The lowest BCUT2D eigenvalue weighted by molar-refractivity contribution is 0.301. The zero-order valence-corrected chi connectivity index (χ0v) is 17.1. The van der Waals surface area contributed by atoms with E-state index in [0.29, 0.717) is 13.2 Å². The van der Waals surface area contributed by atoms with Crippen LogP contribution in [-0.4, -0.2) is 18.0 Å². The second kappa shape index (κ2) is 10.5. The standard InChI is InChI=1S/C22H26N4OS/c1-3-20-11-12-21(28-20)15-26-22(23-2)25-14-17-7-9-19(10-8-17)27-16-18-6-4-5-13-24-18/h4-13H,3,14-16H2,1-2H3,(H2,23,25,26). The van der Waals surface area contributed by atoms with E-state index in [1.54, 1.807) is 13.2 Å². The van der Waals surface area contributed by atoms with Crippen LogP contribution in [0.15, 0.2) is 65.8 Å². The highest BCUT2D eigenvalue weighted by molar-refractivity contribution is 7.11. The van der Waals surface area contributed by atoms with Gasteiger partial charge < -0.3 is 15.4 Å². The molecule has 0 atom stereocenters. The van der Waals surface area contributed by atoms with Crippen molar-refractivity contribution in [1.82, 2.24) is 15.6 Å². The Morgan fingerprint density at radius 1 is 1.00 bits per heavy atom. The third-order valence-electron chi connectivity index (χ3n) is 4.22. The topological polar surface area (TPSA) is 58.5 Å². The molecule has 0 amide bonds. The highest BCUT2D eigenvalue weighted by Crippen LogP contribution is 2.16. The molecule has 0 fully saturated rings. The van der Waals surface area contributed by atoms with Gasteiger partial charge in [-0.1, -0.05) is 25.1 Å². The van der Waals surface area contributed by atoms with Crippen molar-refractivity contribution in [3.05, 3.63) is 81.8 Å². The zero-order valence-electron chi connectivity index (χ0n) is 16.3. The summed E-state index contributed by atoms with van der Waals surface area (Å²) < 4.78 is 5.77. The molecule has 5 nitrogen and oxygen atoms in total. The number of nitrogens with zero attached hydrogens (tertiary/aromatic N) is 2. The Kier molecular flexibility index (Phi) is 7.44. The predicted molar refractivity (Wildman–Crippen MR) is 116 cm³/mol. The zero-order chi connectivity index (χ0) is 19.6. The minimum Gasteiger partial charge on any atom is -0.487 e. The van der Waals surface area contributed by atoms with Crippen LogP contribution < -0.4 is 15.4 Å². The highest BCUT2D eigenvalue weighted by atomic mass is 32.1. The molecule has 28 heavy (non-hydrogen) atoms. The largest absolute Gasteiger partial charge is 0.487 e. The smallest absolute Gasteiger partial charge is 0.191 e. The van der Waals surface area contributed by atoms with E-state index in [9.17, 15) is 0 Å². The molecule has 0 saturated carbocycles. The Labute approximate surface area is 170 Å². The Morgan fingerprint density at radius 3 is 2.46 bits per heavy atom. The SMILES string of the molecule is CCc1ccc(CNC(=NC)NCc2ccc(OCc3ccccn3)cc2)s1. The summed E-state index contributed by atoms with van der Waals surface area (Å²) in [5, 5.41) is 6.71. The molecule has 0 aliphatic carbocycles. The summed E-state index contributed by atoms with van der Waals surface area (Å²) in [7, 11) is 1.79. The van der Waals surface area contributed by atoms with E-state index in [0.717, 1.165) is 35.9 Å². The third kappa shape index (κ3) is 6.09. The van der Waals surface area contributed by atoms with Gasteiger partial charge in [0.15, 0.2) is 5.96 Å². The molecule has 3 rings (SSSR count). The monoisotopic (exact) mass is 394 g/mol. The van der Waals surface area contributed by atoms with Crippen molar-refractivity contribution in [3.63, 3.8) is 0 Å². The van der Waals surface area contributed by atoms with Crippen LogP contribution in [-0.2, 0) is 26.1 Å². The molecular weight excluding hydrogens is 368 g/mol. The van der Waals surface area contributed by atoms with Crippen molar-refractivity contribution in [3.8, 4) is 5.75 Å². The van der Waals surface area contributed by atoms with Crippen LogP contribution in [0.2, 0.25) is 0 Å². The molecular formula is C22H26N4OS. The summed E-state index contributed by atoms with van der Waals surface area (Å²) in [5.41, 5.74) is 2.08. The molecule has 0 bridgehead atoms. The lowest BCUT2D eigenvalue weighted by Crippen LogP contribution is -2.36. The van der Waals surface area contributed by atoms with Gasteiger partial charge in [0.1, 0.15) is 12.4 Å². The fraction of sp³-hybridized carbons (Fsp3) is 0.273. The van der Waals surface area contributed by atoms with Crippen LogP contribution in [0.3, 0.4) is 0 Å². The normalized spacial score (nSPS) is 11.3. The van der Waals surface area contributed by atoms with Crippen molar-refractivity contribution in [1.29, 1.82) is 0 Å². The number of ether oxygens (including phenoxy) is 1. The number of hydrogen-bond donors (Lipinski definition) is 2. The molecule has 0 aliphatic heterocycles. The number of thiophene rings is 1. The first-order valence-corrected chi connectivity index (χ1v) is 10.2. The summed E-state index contributed by atoms with van der Waals surface area (Å²) in [4.78, 5) is 11.3. The van der Waals surface area contributed by atoms with Crippen LogP contribution in [0.25, 0.3) is 0 Å². The fourth-order valence-electron chi connectivity index (χ4n) is 2.63. The molecule has 1 aromatic carbocycles. The number of aromatic nitrogens is 1. The van der Waals surface area contributed by atoms with Gasteiger partial charge in [-0.2, -0.15) is 0 Å². The lowest BCUT2D eigenvalue weighted by Gasteiger charge is -2.12. The Balaban J connectivity index is 1.43. The second-order valence-electron chi connectivity index (χ2n) is 6.25. The van der Waals surface area contributed by atoms with Gasteiger partial charge in [-0.15, -0.1) is 11.3 Å². The van der Waals surface area contributed by atoms with Gasteiger partial charge in [-0.3, -0.25) is 9.98 Å². The van der Waals surface area contributed by atoms with Crippen molar-refractivity contribution in [2.75, 3.05) is 7.05 Å². The van der Waals surface area contributed by atoms with Crippen molar-refractivity contribution in [2.24, 2.45) is 4.99 Å². The first-order chi connectivity index (χ1) is 13.8. The van der Waals surface area contributed by atoms with Gasteiger partial charge in [0.25, 0.3) is 0 Å². The summed E-state index contributed by atoms with van der Waals surface area (Å²) in [5.74, 6) is 1.63. The van der Waals surface area contributed by atoms with Gasteiger partial charge in [0, 0.05) is 29.5 Å². The van der Waals surface area contributed by atoms with Gasteiger partial charge in [0.05, 0.1) is 12.2 Å². The summed E-state index contributed by atoms with van der Waals surface area (Å²) in [6.45, 7) is 4.13. The average Bonchev–Trinajstić information content (AvgIpc) is 3.22. The maximum atomic E-state index is 5.77. The summed E-state index contributed by atoms with van der Waals surface area (Å²) in [6.07, 6.45) is 2.86. The fourth-order valence-corrected chi connectivity index (χ4v) is 3.53. The van der Waals surface area contributed by atoms with E-state index in [-0.39, 0.29) is 0 Å². The molecule has 146 valence electrons. The van der Waals surface area contributed by atoms with Crippen molar-refractivity contribution in [2.45, 2.75) is 33.0 Å². The molecule has 0 spiro atoms. The van der Waals surface area contributed by atoms with Gasteiger partial charge in [-0.05, 0) is 48.4 Å². The maximum absolute atomic E-state index is 5.77. The minimum atomic E-state index is 0.470. The van der Waals surface area contributed by atoms with Gasteiger partial charge >= 0.3 is 0 Å². The molecule has 2 N–H and O–H groups in total. The number of rotatable bonds is 8. The van der Waals surface area contributed by atoms with Crippen LogP contribution in [0.5, 0.6) is 5.75 Å². The van der Waals surface area contributed by atoms with E-state index >= 15 is 0 Å². The lowest BCUT2D eigenvalue weighted by atomic mass is 10.2. The molecule has 2 aromatic heterocycles. The highest BCUT2D eigenvalue weighted by Gasteiger charge is 2.02. The number of aliphatic imine (C=N–C) groups is 1. The minimum absolute atomic E-state index is 0.470. The van der Waals surface area contributed by atoms with Crippen LogP contribution in [0.4, 0.5) is 0 Å². The first-order valence-electron chi connectivity index (χ1n) is 9.40. The van der Waals surface area contributed by atoms with Crippen LogP contribution >= 0.6 is 11.3 Å². The molecule has 3 aromatic rings. The van der Waals surface area contributed by atoms with Crippen molar-refractivity contribution >= 4 is 17.3 Å². The third-order valence-corrected chi connectivity index (χ3v) is 5.45. The number of guanidine groups is 1. The number of hydrogen-bond acceptors (Lipinski definition) is 4.